The number of hydrogen-bond donors (Lipinski definition) is 0. The molecule has 0 fully saturated rings. The molecule has 0 spiro atoms. The molecule has 6 nitrogen and oxygen atoms in total. The summed E-state index contributed by atoms with van der Waals surface area (Å²) in [6, 6.07) is 10.4. The van der Waals surface area contributed by atoms with Crippen LogP contribution in [0.15, 0.2) is 40.9 Å². The Kier molecular flexibility index (Phi) is 6.94. The van der Waals surface area contributed by atoms with E-state index in [2.05, 4.69) is 15.9 Å². The van der Waals surface area contributed by atoms with E-state index in [9.17, 15) is 4.79 Å². The third kappa shape index (κ3) is 5.29. The van der Waals surface area contributed by atoms with Gasteiger partial charge in [-0.05, 0) is 52.3 Å². The van der Waals surface area contributed by atoms with Gasteiger partial charge in [-0.15, -0.1) is 0 Å². The molecule has 2 rings (SSSR count). The molecule has 25 heavy (non-hydrogen) atoms. The van der Waals surface area contributed by atoms with Gasteiger partial charge in [-0.2, -0.15) is 0 Å². The molecule has 2 aromatic rings. The van der Waals surface area contributed by atoms with E-state index < -0.39 is 5.97 Å². The lowest BCUT2D eigenvalue weighted by molar-refractivity contribution is -0.147. The van der Waals surface area contributed by atoms with Gasteiger partial charge >= 0.3 is 5.97 Å². The smallest absolute Gasteiger partial charge is 0.344 e. The molecule has 7 heteroatoms. The van der Waals surface area contributed by atoms with Crippen LogP contribution in [0.1, 0.15) is 5.56 Å². The zero-order chi connectivity index (χ0) is 18.2. The summed E-state index contributed by atoms with van der Waals surface area (Å²) in [6.45, 7) is -0.139. The minimum Gasteiger partial charge on any atom is -0.497 e. The first-order valence-electron chi connectivity index (χ1n) is 7.40. The standard InChI is InChI=1S/C18H19BrO6/c1-21-13-4-6-14(7-5-13)24-11-18(20)25-10-12-8-17(23-3)15(19)9-16(12)22-2/h4-9H,10-11H2,1-3H3. The van der Waals surface area contributed by atoms with Crippen molar-refractivity contribution < 1.29 is 28.5 Å². The van der Waals surface area contributed by atoms with E-state index in [1.54, 1.807) is 57.7 Å². The highest BCUT2D eigenvalue weighted by Gasteiger charge is 2.12. The molecule has 0 aliphatic heterocycles. The highest BCUT2D eigenvalue weighted by atomic mass is 79.9. The normalized spacial score (nSPS) is 10.1. The van der Waals surface area contributed by atoms with Crippen LogP contribution < -0.4 is 18.9 Å². The number of carbonyl (C=O) groups is 1. The maximum atomic E-state index is 11.9. The van der Waals surface area contributed by atoms with Gasteiger partial charge in [0.05, 0.1) is 25.8 Å². The Hall–Kier alpha value is -2.41. The number of hydrogen-bond acceptors (Lipinski definition) is 6. The van der Waals surface area contributed by atoms with Crippen molar-refractivity contribution in [2.45, 2.75) is 6.61 Å². The van der Waals surface area contributed by atoms with Gasteiger partial charge in [0.15, 0.2) is 6.61 Å². The van der Waals surface area contributed by atoms with Crippen LogP contribution in [-0.4, -0.2) is 33.9 Å². The van der Waals surface area contributed by atoms with Crippen LogP contribution in [0.5, 0.6) is 23.0 Å². The SMILES string of the molecule is COc1ccc(OCC(=O)OCc2cc(OC)c(Br)cc2OC)cc1. The van der Waals surface area contributed by atoms with Crippen molar-refractivity contribution in [2.24, 2.45) is 0 Å². The number of ether oxygens (including phenoxy) is 5. The summed E-state index contributed by atoms with van der Waals surface area (Å²) >= 11 is 3.38. The Morgan fingerprint density at radius 3 is 2.16 bits per heavy atom. The van der Waals surface area contributed by atoms with Crippen LogP contribution in [0.25, 0.3) is 0 Å². The largest absolute Gasteiger partial charge is 0.497 e. The van der Waals surface area contributed by atoms with Crippen LogP contribution in [0, 0.1) is 0 Å². The van der Waals surface area contributed by atoms with Gasteiger partial charge in [-0.1, -0.05) is 0 Å². The summed E-state index contributed by atoms with van der Waals surface area (Å²) in [6.07, 6.45) is 0. The van der Waals surface area contributed by atoms with E-state index >= 15 is 0 Å². The minimum absolute atomic E-state index is 0.0532. The lowest BCUT2D eigenvalue weighted by Gasteiger charge is -2.13. The Balaban J connectivity index is 1.90. The van der Waals surface area contributed by atoms with Gasteiger partial charge in [0.25, 0.3) is 0 Å². The molecule has 0 saturated heterocycles. The van der Waals surface area contributed by atoms with E-state index in [1.807, 2.05) is 0 Å². The van der Waals surface area contributed by atoms with Gasteiger partial charge < -0.3 is 23.7 Å². The number of carbonyl (C=O) groups excluding carboxylic acids is 1. The zero-order valence-electron chi connectivity index (χ0n) is 14.2. The van der Waals surface area contributed by atoms with Gasteiger partial charge in [0.1, 0.15) is 29.6 Å². The topological polar surface area (TPSA) is 63.2 Å². The van der Waals surface area contributed by atoms with Crippen molar-refractivity contribution in [3.63, 3.8) is 0 Å². The molecule has 0 N–H and O–H groups in total. The maximum absolute atomic E-state index is 11.9. The van der Waals surface area contributed by atoms with E-state index in [0.717, 1.165) is 4.47 Å². The molecule has 0 unspecified atom stereocenters. The van der Waals surface area contributed by atoms with Gasteiger partial charge in [-0.25, -0.2) is 4.79 Å². The molecule has 0 aliphatic carbocycles. The first-order valence-corrected chi connectivity index (χ1v) is 8.19. The van der Waals surface area contributed by atoms with Crippen molar-refractivity contribution in [1.82, 2.24) is 0 Å². The molecular formula is C18H19BrO6. The Labute approximate surface area is 154 Å². The molecule has 0 radical (unpaired) electrons. The molecule has 0 aromatic heterocycles. The van der Waals surface area contributed by atoms with Crippen LogP contribution in [0.2, 0.25) is 0 Å². The van der Waals surface area contributed by atoms with E-state index in [1.165, 1.54) is 0 Å². The summed E-state index contributed by atoms with van der Waals surface area (Å²) in [5.74, 6) is 2.00. The van der Waals surface area contributed by atoms with Gasteiger partial charge in [-0.3, -0.25) is 0 Å². The van der Waals surface area contributed by atoms with Crippen molar-refractivity contribution in [3.8, 4) is 23.0 Å². The van der Waals surface area contributed by atoms with Crippen LogP contribution >= 0.6 is 15.9 Å². The number of rotatable bonds is 8. The van der Waals surface area contributed by atoms with E-state index in [0.29, 0.717) is 28.6 Å². The van der Waals surface area contributed by atoms with Gasteiger partial charge in [0.2, 0.25) is 0 Å². The number of methoxy groups -OCH3 is 3. The highest BCUT2D eigenvalue weighted by Crippen LogP contribution is 2.33. The lowest BCUT2D eigenvalue weighted by atomic mass is 10.2. The lowest BCUT2D eigenvalue weighted by Crippen LogP contribution is -2.15. The summed E-state index contributed by atoms with van der Waals surface area (Å²) in [7, 11) is 4.69. The number of halogens is 1. The maximum Gasteiger partial charge on any atom is 0.344 e. The highest BCUT2D eigenvalue weighted by molar-refractivity contribution is 9.10. The average molecular weight is 411 g/mol. The molecule has 0 atom stereocenters. The van der Waals surface area contributed by atoms with Crippen LogP contribution in [0.3, 0.4) is 0 Å². The second-order valence-corrected chi connectivity index (χ2v) is 5.78. The van der Waals surface area contributed by atoms with Crippen LogP contribution in [0.4, 0.5) is 0 Å². The Morgan fingerprint density at radius 1 is 0.920 bits per heavy atom. The van der Waals surface area contributed by atoms with Crippen LogP contribution in [-0.2, 0) is 16.1 Å². The molecule has 0 saturated carbocycles. The summed E-state index contributed by atoms with van der Waals surface area (Å²) in [5, 5.41) is 0. The minimum atomic E-state index is -0.486. The second kappa shape index (κ2) is 9.17. The fraction of sp³-hybridized carbons (Fsp3) is 0.278. The molecule has 0 heterocycles. The van der Waals surface area contributed by atoms with Crippen molar-refractivity contribution in [2.75, 3.05) is 27.9 Å². The van der Waals surface area contributed by atoms with E-state index in [4.69, 9.17) is 23.7 Å². The number of esters is 1. The molecule has 2 aromatic carbocycles. The first-order chi connectivity index (χ1) is 12.1. The molecule has 0 aliphatic rings. The molecular weight excluding hydrogens is 392 g/mol. The summed E-state index contributed by atoms with van der Waals surface area (Å²) in [4.78, 5) is 11.9. The third-order valence-corrected chi connectivity index (χ3v) is 3.98. The van der Waals surface area contributed by atoms with Crippen molar-refractivity contribution in [1.29, 1.82) is 0 Å². The van der Waals surface area contributed by atoms with Gasteiger partial charge in [0, 0.05) is 5.56 Å². The summed E-state index contributed by atoms with van der Waals surface area (Å²) in [5.41, 5.74) is 0.695. The first kappa shape index (κ1) is 18.9. The van der Waals surface area contributed by atoms with E-state index in [-0.39, 0.29) is 13.2 Å². The zero-order valence-corrected chi connectivity index (χ0v) is 15.8. The van der Waals surface area contributed by atoms with Crippen molar-refractivity contribution >= 4 is 21.9 Å². The Bertz CT molecular complexity index is 714. The second-order valence-electron chi connectivity index (χ2n) is 4.92. The van der Waals surface area contributed by atoms with Crippen molar-refractivity contribution in [3.05, 3.63) is 46.4 Å². The predicted octanol–water partition coefficient (Wildman–Crippen LogP) is 3.60. The monoisotopic (exact) mass is 410 g/mol. The third-order valence-electron chi connectivity index (χ3n) is 3.36. The molecule has 134 valence electrons. The summed E-state index contributed by atoms with van der Waals surface area (Å²) < 4.78 is 27.0. The molecule has 0 bridgehead atoms. The number of benzene rings is 2. The molecule has 0 amide bonds. The fourth-order valence-corrected chi connectivity index (χ4v) is 2.53. The fourth-order valence-electron chi connectivity index (χ4n) is 2.05. The Morgan fingerprint density at radius 2 is 1.56 bits per heavy atom. The average Bonchev–Trinajstić information content (AvgIpc) is 2.65. The quantitative estimate of drug-likeness (QED) is 0.619. The predicted molar refractivity (Wildman–Crippen MR) is 95.5 cm³/mol.